The maximum absolute atomic E-state index is 15.0. The quantitative estimate of drug-likeness (QED) is 0.279. The van der Waals surface area contributed by atoms with Crippen molar-refractivity contribution in [3.05, 3.63) is 99.9 Å². The average molecular weight is 581 g/mol. The molecule has 3 aromatic carbocycles. The number of nitrogens with zero attached hydrogens (tertiary/aromatic N) is 3. The Kier molecular flexibility index (Phi) is 8.00. The largest absolute Gasteiger partial charge is 0.497 e. The fraction of sp³-hybridized carbons (Fsp3) is 0.200. The lowest BCUT2D eigenvalue weighted by Crippen LogP contribution is -2.51. The first-order valence-corrected chi connectivity index (χ1v) is 13.4. The molecule has 1 aromatic heterocycles. The lowest BCUT2D eigenvalue weighted by Gasteiger charge is -2.34. The Morgan fingerprint density at radius 3 is 2.33 bits per heavy atom. The number of hydrogen-bond acceptors (Lipinski definition) is 3. The van der Waals surface area contributed by atoms with Crippen molar-refractivity contribution < 1.29 is 18.7 Å². The highest BCUT2D eigenvalue weighted by molar-refractivity contribution is 6.36. The normalized spacial score (nSPS) is 13.3. The van der Waals surface area contributed by atoms with E-state index in [0.717, 1.165) is 5.56 Å². The van der Waals surface area contributed by atoms with Gasteiger partial charge in [0.25, 0.3) is 5.91 Å². The van der Waals surface area contributed by atoms with Crippen LogP contribution in [0.2, 0.25) is 10.0 Å². The number of rotatable bonds is 5. The molecule has 4 aromatic rings. The second-order valence-corrected chi connectivity index (χ2v) is 10.2. The van der Waals surface area contributed by atoms with Gasteiger partial charge >= 0.3 is 6.03 Å². The maximum atomic E-state index is 15.0. The van der Waals surface area contributed by atoms with Gasteiger partial charge < -0.3 is 24.4 Å². The van der Waals surface area contributed by atoms with Crippen molar-refractivity contribution in [3.63, 3.8) is 0 Å². The molecule has 0 spiro atoms. The maximum Gasteiger partial charge on any atom is 0.322 e. The summed E-state index contributed by atoms with van der Waals surface area (Å²) >= 11 is 12.1. The highest BCUT2D eigenvalue weighted by Gasteiger charge is 2.29. The van der Waals surface area contributed by atoms with E-state index < -0.39 is 5.82 Å². The Labute approximate surface area is 241 Å². The number of halogens is 3. The standard InChI is InChI=1S/C30H27Cl2FN4O3/c1-19-23(18-28(20-6-5-7-22(16-20)40-2)37(19)27-9-4-3-8-25(27)33)29(38)35-12-14-36(15-13-35)30(39)34-26-11-10-21(31)17-24(26)32/h3-11,16-18H,12-15H2,1-2H3,(H,34,39). The molecule has 1 aliphatic rings. The second-order valence-electron chi connectivity index (χ2n) is 9.38. The number of para-hydroxylation sites is 1. The number of methoxy groups -OCH3 is 1. The summed E-state index contributed by atoms with van der Waals surface area (Å²) in [4.78, 5) is 29.9. The fourth-order valence-corrected chi connectivity index (χ4v) is 5.29. The van der Waals surface area contributed by atoms with Gasteiger partial charge in [0.05, 0.1) is 34.8 Å². The van der Waals surface area contributed by atoms with E-state index >= 15 is 0 Å². The number of ether oxygens (including phenoxy) is 1. The van der Waals surface area contributed by atoms with E-state index in [1.54, 1.807) is 63.9 Å². The average Bonchev–Trinajstić information content (AvgIpc) is 3.31. The van der Waals surface area contributed by atoms with Crippen molar-refractivity contribution in [2.75, 3.05) is 38.6 Å². The molecule has 7 nitrogen and oxygen atoms in total. The third-order valence-electron chi connectivity index (χ3n) is 6.96. The number of benzene rings is 3. The van der Waals surface area contributed by atoms with Crippen LogP contribution in [0.5, 0.6) is 5.75 Å². The number of nitrogens with one attached hydrogen (secondary N) is 1. The summed E-state index contributed by atoms with van der Waals surface area (Å²) < 4.78 is 22.1. The van der Waals surface area contributed by atoms with Crippen molar-refractivity contribution in [2.45, 2.75) is 6.92 Å². The molecule has 0 saturated carbocycles. The molecule has 0 radical (unpaired) electrons. The highest BCUT2D eigenvalue weighted by atomic mass is 35.5. The molecule has 1 fully saturated rings. The van der Waals surface area contributed by atoms with Crippen LogP contribution in [0.15, 0.2) is 72.8 Å². The van der Waals surface area contributed by atoms with Crippen LogP contribution in [-0.4, -0.2) is 59.6 Å². The summed E-state index contributed by atoms with van der Waals surface area (Å²) in [6.45, 7) is 3.19. The van der Waals surface area contributed by atoms with E-state index in [1.165, 1.54) is 6.07 Å². The molecule has 0 atom stereocenters. The summed E-state index contributed by atoms with van der Waals surface area (Å²) in [5.41, 5.74) is 3.34. The van der Waals surface area contributed by atoms with Gasteiger partial charge in [-0.1, -0.05) is 47.5 Å². The summed E-state index contributed by atoms with van der Waals surface area (Å²) in [5.74, 6) is 0.0703. The van der Waals surface area contributed by atoms with Gasteiger partial charge in [-0.15, -0.1) is 0 Å². The van der Waals surface area contributed by atoms with Gasteiger partial charge in [0.2, 0.25) is 0 Å². The van der Waals surface area contributed by atoms with Gasteiger partial charge in [0, 0.05) is 42.5 Å². The van der Waals surface area contributed by atoms with Crippen LogP contribution in [0.3, 0.4) is 0 Å². The molecule has 0 unspecified atom stereocenters. The van der Waals surface area contributed by atoms with Gasteiger partial charge in [0.1, 0.15) is 11.6 Å². The van der Waals surface area contributed by atoms with E-state index in [2.05, 4.69) is 5.32 Å². The summed E-state index contributed by atoms with van der Waals surface area (Å²) in [7, 11) is 1.58. The zero-order valence-electron chi connectivity index (χ0n) is 22.0. The molecule has 0 bridgehead atoms. The topological polar surface area (TPSA) is 66.8 Å². The Balaban J connectivity index is 1.38. The predicted octanol–water partition coefficient (Wildman–Crippen LogP) is 6.90. The second kappa shape index (κ2) is 11.6. The molecule has 0 aliphatic carbocycles. The number of piperazine rings is 1. The van der Waals surface area contributed by atoms with E-state index in [-0.39, 0.29) is 11.9 Å². The molecule has 1 aliphatic heterocycles. The van der Waals surface area contributed by atoms with Crippen LogP contribution in [0.4, 0.5) is 14.9 Å². The minimum absolute atomic E-state index is 0.183. The lowest BCUT2D eigenvalue weighted by atomic mass is 10.1. The molecule has 2 heterocycles. The van der Waals surface area contributed by atoms with Gasteiger partial charge in [-0.25, -0.2) is 9.18 Å². The van der Waals surface area contributed by atoms with E-state index in [4.69, 9.17) is 27.9 Å². The summed E-state index contributed by atoms with van der Waals surface area (Å²) in [6, 6.07) is 20.2. The van der Waals surface area contributed by atoms with Crippen molar-refractivity contribution >= 4 is 40.8 Å². The van der Waals surface area contributed by atoms with Gasteiger partial charge in [-0.05, 0) is 55.5 Å². The van der Waals surface area contributed by atoms with Crippen LogP contribution in [0.25, 0.3) is 16.9 Å². The predicted molar refractivity (Wildman–Crippen MR) is 155 cm³/mol. The van der Waals surface area contributed by atoms with Crippen molar-refractivity contribution in [1.82, 2.24) is 14.4 Å². The van der Waals surface area contributed by atoms with Gasteiger partial charge in [-0.3, -0.25) is 4.79 Å². The Bertz CT molecular complexity index is 1580. The zero-order valence-corrected chi connectivity index (χ0v) is 23.5. The van der Waals surface area contributed by atoms with Crippen LogP contribution in [0.1, 0.15) is 16.1 Å². The molecular weight excluding hydrogens is 554 g/mol. The molecule has 1 N–H and O–H groups in total. The van der Waals surface area contributed by atoms with Gasteiger partial charge in [-0.2, -0.15) is 0 Å². The molecule has 5 rings (SSSR count). The zero-order chi connectivity index (χ0) is 28.4. The molecule has 206 valence electrons. The van der Waals surface area contributed by atoms with Crippen LogP contribution in [-0.2, 0) is 0 Å². The fourth-order valence-electron chi connectivity index (χ4n) is 4.83. The first-order valence-electron chi connectivity index (χ1n) is 12.7. The summed E-state index contributed by atoms with van der Waals surface area (Å²) in [6.07, 6.45) is 0. The molecular formula is C30H27Cl2FN4O3. The van der Waals surface area contributed by atoms with Crippen molar-refractivity contribution in [1.29, 1.82) is 0 Å². The molecule has 3 amide bonds. The Morgan fingerprint density at radius 1 is 0.900 bits per heavy atom. The number of carbonyl (C=O) groups is 2. The monoisotopic (exact) mass is 580 g/mol. The first kappa shape index (κ1) is 27.6. The first-order chi connectivity index (χ1) is 19.3. The van der Waals surface area contributed by atoms with Gasteiger partial charge in [0.15, 0.2) is 0 Å². The number of urea groups is 1. The number of anilines is 1. The molecule has 1 saturated heterocycles. The summed E-state index contributed by atoms with van der Waals surface area (Å²) in [5, 5.41) is 3.62. The van der Waals surface area contributed by atoms with Crippen LogP contribution >= 0.6 is 23.2 Å². The third kappa shape index (κ3) is 5.50. The number of carbonyl (C=O) groups excluding carboxylic acids is 2. The number of hydrogen-bond donors (Lipinski definition) is 1. The lowest BCUT2D eigenvalue weighted by molar-refractivity contribution is 0.0671. The Morgan fingerprint density at radius 2 is 1.62 bits per heavy atom. The minimum Gasteiger partial charge on any atom is -0.497 e. The minimum atomic E-state index is -0.398. The van der Waals surface area contributed by atoms with E-state index in [9.17, 15) is 14.0 Å². The Hall–Kier alpha value is -4.01. The van der Waals surface area contributed by atoms with Crippen molar-refractivity contribution in [3.8, 4) is 22.7 Å². The van der Waals surface area contributed by atoms with E-state index in [0.29, 0.717) is 70.3 Å². The third-order valence-corrected chi connectivity index (χ3v) is 7.51. The van der Waals surface area contributed by atoms with Crippen molar-refractivity contribution in [2.24, 2.45) is 0 Å². The molecule has 40 heavy (non-hydrogen) atoms. The smallest absolute Gasteiger partial charge is 0.322 e. The van der Waals surface area contributed by atoms with Crippen LogP contribution < -0.4 is 10.1 Å². The van der Waals surface area contributed by atoms with E-state index in [1.807, 2.05) is 31.2 Å². The van der Waals surface area contributed by atoms with Crippen LogP contribution in [0, 0.1) is 12.7 Å². The number of amides is 3. The number of aromatic nitrogens is 1. The molecule has 10 heteroatoms. The highest BCUT2D eigenvalue weighted by Crippen LogP contribution is 2.33. The SMILES string of the molecule is COc1cccc(-c2cc(C(=O)N3CCN(C(=O)Nc4ccc(Cl)cc4Cl)CC3)c(C)n2-c2ccccc2F)c1.